The normalized spacial score (nSPS) is 11.3. The van der Waals surface area contributed by atoms with Crippen LogP contribution in [0.15, 0.2) is 0 Å². The zero-order valence-electron chi connectivity index (χ0n) is 24.9. The number of amides is 1. The summed E-state index contributed by atoms with van der Waals surface area (Å²) in [4.78, 5) is 13.6. The van der Waals surface area contributed by atoms with E-state index in [1.807, 2.05) is 4.90 Å². The quantitative estimate of drug-likeness (QED) is 0.0516. The number of carbonyl (C=O) groups is 1. The first-order valence-corrected chi connectivity index (χ1v) is 17.0. The Morgan fingerprint density at radius 3 is 0.778 bits per heavy atom. The molecule has 0 bridgehead atoms. The van der Waals surface area contributed by atoms with Crippen LogP contribution in [0.25, 0.3) is 0 Å². The molecule has 1 amide bonds. The van der Waals surface area contributed by atoms with Crippen LogP contribution in [0.4, 0.5) is 4.79 Å². The molecule has 0 aliphatic heterocycles. The Bertz CT molecular complexity index is 396. The van der Waals surface area contributed by atoms with Crippen LogP contribution in [0.2, 0.25) is 0 Å². The molecule has 0 spiro atoms. The van der Waals surface area contributed by atoms with Gasteiger partial charge >= 0.3 is 5.37 Å². The van der Waals surface area contributed by atoms with Gasteiger partial charge in [-0.05, 0) is 24.4 Å². The van der Waals surface area contributed by atoms with Gasteiger partial charge in [0.2, 0.25) is 0 Å². The molecule has 0 aliphatic rings. The highest BCUT2D eigenvalue weighted by molar-refractivity contribution is 6.62. The highest BCUT2D eigenvalue weighted by atomic mass is 35.5. The third kappa shape index (κ3) is 28.3. The van der Waals surface area contributed by atoms with E-state index < -0.39 is 0 Å². The van der Waals surface area contributed by atoms with Crippen LogP contribution in [-0.4, -0.2) is 23.4 Å². The summed E-state index contributed by atoms with van der Waals surface area (Å²) in [5, 5.41) is -0.251. The largest absolute Gasteiger partial charge is 0.329 e. The number of hydrogen-bond acceptors (Lipinski definition) is 1. The van der Waals surface area contributed by atoms with Gasteiger partial charge in [-0.2, -0.15) is 0 Å². The summed E-state index contributed by atoms with van der Waals surface area (Å²) in [6, 6.07) is 0. The molecule has 0 atom stereocenters. The van der Waals surface area contributed by atoms with E-state index in [1.165, 1.54) is 167 Å². The lowest BCUT2D eigenvalue weighted by Crippen LogP contribution is -2.28. The second kappa shape index (κ2) is 31.0. The molecule has 0 aromatic rings. The molecule has 0 N–H and O–H groups in total. The summed E-state index contributed by atoms with van der Waals surface area (Å²) >= 11 is 5.85. The van der Waals surface area contributed by atoms with Gasteiger partial charge in [0.05, 0.1) is 0 Å². The number of carbonyl (C=O) groups excluding carboxylic acids is 1. The van der Waals surface area contributed by atoms with Gasteiger partial charge in [0, 0.05) is 13.1 Å². The van der Waals surface area contributed by atoms with Crippen molar-refractivity contribution in [1.82, 2.24) is 4.90 Å². The number of hydrogen-bond donors (Lipinski definition) is 0. The molecule has 0 radical (unpaired) electrons. The fourth-order valence-corrected chi connectivity index (χ4v) is 5.45. The van der Waals surface area contributed by atoms with E-state index in [4.69, 9.17) is 11.6 Å². The van der Waals surface area contributed by atoms with Crippen molar-refractivity contribution < 1.29 is 4.79 Å². The molecule has 0 aliphatic carbocycles. The lowest BCUT2D eigenvalue weighted by atomic mass is 10.0. The van der Waals surface area contributed by atoms with Crippen LogP contribution < -0.4 is 0 Å². The first kappa shape index (κ1) is 35.8. The van der Waals surface area contributed by atoms with Crippen molar-refractivity contribution in [2.45, 2.75) is 194 Å². The summed E-state index contributed by atoms with van der Waals surface area (Å²) in [6.07, 6.45) is 38.3. The predicted octanol–water partition coefficient (Wildman–Crippen LogP) is 12.6. The van der Waals surface area contributed by atoms with Gasteiger partial charge in [-0.3, -0.25) is 4.79 Å². The molecule has 0 aromatic carbocycles. The highest BCUT2D eigenvalue weighted by Gasteiger charge is 2.09. The highest BCUT2D eigenvalue weighted by Crippen LogP contribution is 2.15. The van der Waals surface area contributed by atoms with E-state index in [-0.39, 0.29) is 5.37 Å². The number of halogens is 1. The summed E-state index contributed by atoms with van der Waals surface area (Å²) < 4.78 is 0. The average Bonchev–Trinajstić information content (AvgIpc) is 2.87. The standard InChI is InChI=1S/C33H66ClNO/c1-3-5-7-9-11-13-15-17-19-21-23-25-27-29-31-35(33(34)36)32-30-28-26-24-22-20-18-16-14-12-10-8-6-4-2/h3-32H2,1-2H3. The maximum absolute atomic E-state index is 11.8. The molecule has 216 valence electrons. The fraction of sp³-hybridized carbons (Fsp3) is 0.970. The van der Waals surface area contributed by atoms with Crippen molar-refractivity contribution in [3.05, 3.63) is 0 Å². The van der Waals surface area contributed by atoms with Crippen LogP contribution in [-0.2, 0) is 0 Å². The van der Waals surface area contributed by atoms with Gasteiger partial charge in [-0.1, -0.05) is 181 Å². The Hall–Kier alpha value is -0.240. The van der Waals surface area contributed by atoms with Crippen molar-refractivity contribution in [1.29, 1.82) is 0 Å². The zero-order chi connectivity index (χ0) is 26.4. The smallest absolute Gasteiger partial charge is 0.316 e. The van der Waals surface area contributed by atoms with Gasteiger partial charge in [-0.15, -0.1) is 0 Å². The lowest BCUT2D eigenvalue weighted by molar-refractivity contribution is 0.219. The van der Waals surface area contributed by atoms with Crippen LogP contribution in [0.5, 0.6) is 0 Å². The zero-order valence-corrected chi connectivity index (χ0v) is 25.7. The molecule has 0 rings (SSSR count). The maximum Gasteiger partial charge on any atom is 0.316 e. The molecule has 0 fully saturated rings. The summed E-state index contributed by atoms with van der Waals surface area (Å²) in [5.74, 6) is 0. The average molecular weight is 528 g/mol. The van der Waals surface area contributed by atoms with E-state index >= 15 is 0 Å². The van der Waals surface area contributed by atoms with Crippen LogP contribution in [0, 0.1) is 0 Å². The molecule has 3 heteroatoms. The SMILES string of the molecule is CCCCCCCCCCCCCCCCN(CCCCCCCCCCCCCCCC)C(=O)Cl. The Balaban J connectivity index is 3.39. The minimum Gasteiger partial charge on any atom is -0.329 e. The number of unbranched alkanes of at least 4 members (excludes halogenated alkanes) is 26. The maximum atomic E-state index is 11.8. The van der Waals surface area contributed by atoms with Gasteiger partial charge < -0.3 is 4.90 Å². The van der Waals surface area contributed by atoms with Crippen LogP contribution in [0.1, 0.15) is 194 Å². The minimum atomic E-state index is -0.251. The Morgan fingerprint density at radius 2 is 0.583 bits per heavy atom. The molecular formula is C33H66ClNO. The third-order valence-electron chi connectivity index (χ3n) is 7.81. The third-order valence-corrected chi connectivity index (χ3v) is 8.05. The van der Waals surface area contributed by atoms with Crippen molar-refractivity contribution in [2.24, 2.45) is 0 Å². The summed E-state index contributed by atoms with van der Waals surface area (Å²) in [6.45, 7) is 6.27. The monoisotopic (exact) mass is 527 g/mol. The first-order valence-electron chi connectivity index (χ1n) is 16.7. The number of rotatable bonds is 30. The summed E-state index contributed by atoms with van der Waals surface area (Å²) in [5.41, 5.74) is 0. The van der Waals surface area contributed by atoms with E-state index in [2.05, 4.69) is 13.8 Å². The second-order valence-corrected chi connectivity index (χ2v) is 11.8. The van der Waals surface area contributed by atoms with Crippen molar-refractivity contribution in [3.63, 3.8) is 0 Å². The Labute approximate surface area is 233 Å². The molecule has 0 unspecified atom stereocenters. The molecule has 2 nitrogen and oxygen atoms in total. The van der Waals surface area contributed by atoms with E-state index in [1.54, 1.807) is 0 Å². The Kier molecular flexibility index (Phi) is 30.8. The van der Waals surface area contributed by atoms with Crippen molar-refractivity contribution in [2.75, 3.05) is 13.1 Å². The van der Waals surface area contributed by atoms with E-state index in [9.17, 15) is 4.79 Å². The topological polar surface area (TPSA) is 20.3 Å². The van der Waals surface area contributed by atoms with Crippen molar-refractivity contribution in [3.8, 4) is 0 Å². The molecule has 0 saturated carbocycles. The molecule has 0 saturated heterocycles. The minimum absolute atomic E-state index is 0.251. The molecule has 0 heterocycles. The van der Waals surface area contributed by atoms with Gasteiger partial charge in [0.15, 0.2) is 0 Å². The van der Waals surface area contributed by atoms with Crippen LogP contribution >= 0.6 is 11.6 Å². The van der Waals surface area contributed by atoms with Gasteiger partial charge in [-0.25, -0.2) is 0 Å². The molecule has 36 heavy (non-hydrogen) atoms. The second-order valence-electron chi connectivity index (χ2n) is 11.4. The van der Waals surface area contributed by atoms with E-state index in [0.29, 0.717) is 0 Å². The van der Waals surface area contributed by atoms with Gasteiger partial charge in [0.25, 0.3) is 0 Å². The number of nitrogens with zero attached hydrogens (tertiary/aromatic N) is 1. The fourth-order valence-electron chi connectivity index (χ4n) is 5.28. The lowest BCUT2D eigenvalue weighted by Gasteiger charge is -2.19. The van der Waals surface area contributed by atoms with Crippen molar-refractivity contribution >= 4 is 17.0 Å². The summed E-state index contributed by atoms with van der Waals surface area (Å²) in [7, 11) is 0. The Morgan fingerprint density at radius 1 is 0.389 bits per heavy atom. The van der Waals surface area contributed by atoms with E-state index in [0.717, 1.165) is 25.9 Å². The van der Waals surface area contributed by atoms with Gasteiger partial charge in [0.1, 0.15) is 0 Å². The molecule has 0 aromatic heterocycles. The predicted molar refractivity (Wildman–Crippen MR) is 163 cm³/mol. The van der Waals surface area contributed by atoms with Crippen LogP contribution in [0.3, 0.4) is 0 Å². The first-order chi connectivity index (χ1) is 17.7. The molecular weight excluding hydrogens is 462 g/mol.